The number of carbonyl (C=O) groups is 3. The van der Waals surface area contributed by atoms with Crippen LogP contribution in [0.4, 0.5) is 5.69 Å². The predicted molar refractivity (Wildman–Crippen MR) is 164 cm³/mol. The number of aryl methyl sites for hydroxylation is 1. The normalized spacial score (nSPS) is 26.2. The Bertz CT molecular complexity index is 1670. The lowest BCUT2D eigenvalue weighted by Crippen LogP contribution is -2.57. The number of nitrogens with zero attached hydrogens (tertiary/aromatic N) is 1. The summed E-state index contributed by atoms with van der Waals surface area (Å²) < 4.78 is 12.1. The van der Waals surface area contributed by atoms with E-state index >= 15 is 0 Å². The number of methoxy groups -OCH3 is 1. The number of para-hydroxylation sites is 1. The van der Waals surface area contributed by atoms with Crippen molar-refractivity contribution in [1.29, 1.82) is 0 Å². The van der Waals surface area contributed by atoms with Crippen LogP contribution in [0.3, 0.4) is 0 Å². The fourth-order valence-corrected chi connectivity index (χ4v) is 8.32. The van der Waals surface area contributed by atoms with Crippen LogP contribution in [-0.4, -0.2) is 46.2 Å². The van der Waals surface area contributed by atoms with Crippen molar-refractivity contribution >= 4 is 34.4 Å². The summed E-state index contributed by atoms with van der Waals surface area (Å²) >= 11 is 0. The summed E-state index contributed by atoms with van der Waals surface area (Å²) in [5.74, 6) is -0.545. The molecule has 44 heavy (non-hydrogen) atoms. The van der Waals surface area contributed by atoms with Crippen LogP contribution in [0.2, 0.25) is 0 Å². The van der Waals surface area contributed by atoms with Crippen molar-refractivity contribution in [1.82, 2.24) is 9.88 Å². The summed E-state index contributed by atoms with van der Waals surface area (Å²) in [6, 6.07) is 9.56. The SMILES string of the molecule is COC(=O)/C=C/CC[C@H](NC(=O)c1oc2ccccc2c1C)C(=O)Nc1cccn(CC23CC4CC(CC(O)(C4)C2)C3)c1=O. The van der Waals surface area contributed by atoms with Crippen molar-refractivity contribution in [2.45, 2.75) is 76.5 Å². The van der Waals surface area contributed by atoms with Crippen molar-refractivity contribution in [3.8, 4) is 0 Å². The number of hydrogen-bond acceptors (Lipinski definition) is 7. The summed E-state index contributed by atoms with van der Waals surface area (Å²) in [4.78, 5) is 52.0. The van der Waals surface area contributed by atoms with Gasteiger partial charge in [0.05, 0.1) is 12.7 Å². The van der Waals surface area contributed by atoms with E-state index < -0.39 is 29.4 Å². The summed E-state index contributed by atoms with van der Waals surface area (Å²) in [5, 5.41) is 17.5. The van der Waals surface area contributed by atoms with Gasteiger partial charge in [0.25, 0.3) is 11.5 Å². The number of aliphatic hydroxyl groups is 1. The van der Waals surface area contributed by atoms with Crippen LogP contribution >= 0.6 is 0 Å². The molecule has 2 heterocycles. The Morgan fingerprint density at radius 1 is 1.14 bits per heavy atom. The topological polar surface area (TPSA) is 140 Å². The van der Waals surface area contributed by atoms with Gasteiger partial charge < -0.3 is 29.5 Å². The van der Waals surface area contributed by atoms with Gasteiger partial charge in [-0.2, -0.15) is 0 Å². The molecule has 0 spiro atoms. The van der Waals surface area contributed by atoms with E-state index in [0.717, 1.165) is 37.5 Å². The first-order chi connectivity index (χ1) is 21.1. The number of furan rings is 1. The van der Waals surface area contributed by atoms with Gasteiger partial charge in [-0.05, 0) is 93.7 Å². The average molecular weight is 602 g/mol. The zero-order chi connectivity index (χ0) is 31.1. The number of nitrogens with one attached hydrogen (secondary N) is 2. The number of pyridine rings is 1. The molecule has 4 bridgehead atoms. The third kappa shape index (κ3) is 5.95. The van der Waals surface area contributed by atoms with Crippen LogP contribution in [0.15, 0.2) is 64.0 Å². The van der Waals surface area contributed by atoms with Crippen molar-refractivity contribution in [2.75, 3.05) is 12.4 Å². The molecule has 10 heteroatoms. The molecule has 2 aromatic heterocycles. The Balaban J connectivity index is 1.20. The van der Waals surface area contributed by atoms with Gasteiger partial charge in [0, 0.05) is 29.8 Å². The van der Waals surface area contributed by atoms with E-state index in [2.05, 4.69) is 15.4 Å². The first-order valence-corrected chi connectivity index (χ1v) is 15.3. The molecule has 7 rings (SSSR count). The molecule has 3 aromatic rings. The highest BCUT2D eigenvalue weighted by molar-refractivity contribution is 6.03. The Morgan fingerprint density at radius 3 is 2.59 bits per heavy atom. The number of carbonyl (C=O) groups excluding carboxylic acids is 3. The number of fused-ring (bicyclic) bond motifs is 1. The average Bonchev–Trinajstić information content (AvgIpc) is 3.31. The van der Waals surface area contributed by atoms with Crippen molar-refractivity contribution in [3.63, 3.8) is 0 Å². The van der Waals surface area contributed by atoms with Crippen LogP contribution in [0, 0.1) is 24.2 Å². The zero-order valence-electron chi connectivity index (χ0n) is 25.1. The molecule has 3 atom stereocenters. The summed E-state index contributed by atoms with van der Waals surface area (Å²) in [7, 11) is 1.27. The molecule has 10 nitrogen and oxygen atoms in total. The minimum atomic E-state index is -1.03. The molecule has 4 fully saturated rings. The van der Waals surface area contributed by atoms with E-state index in [1.165, 1.54) is 13.2 Å². The number of hydrogen-bond donors (Lipinski definition) is 3. The van der Waals surface area contributed by atoms with Gasteiger partial charge in [0.2, 0.25) is 5.91 Å². The van der Waals surface area contributed by atoms with E-state index in [9.17, 15) is 24.3 Å². The van der Waals surface area contributed by atoms with Gasteiger partial charge in [-0.3, -0.25) is 14.4 Å². The number of ether oxygens (including phenoxy) is 1. The van der Waals surface area contributed by atoms with Crippen LogP contribution in [0.25, 0.3) is 11.0 Å². The van der Waals surface area contributed by atoms with Crippen LogP contribution < -0.4 is 16.2 Å². The van der Waals surface area contributed by atoms with Crippen molar-refractivity contribution in [3.05, 3.63) is 76.4 Å². The van der Waals surface area contributed by atoms with Gasteiger partial charge >= 0.3 is 5.97 Å². The molecular formula is C34H39N3O7. The molecule has 0 radical (unpaired) electrons. The maximum Gasteiger partial charge on any atom is 0.330 e. The Labute approximate surface area is 255 Å². The number of allylic oxidation sites excluding steroid dienone is 1. The highest BCUT2D eigenvalue weighted by Gasteiger charge is 2.57. The van der Waals surface area contributed by atoms with Crippen LogP contribution in [0.5, 0.6) is 0 Å². The van der Waals surface area contributed by atoms with Gasteiger partial charge in [0.15, 0.2) is 5.76 Å². The summed E-state index contributed by atoms with van der Waals surface area (Å²) in [6.45, 7) is 2.28. The molecule has 232 valence electrons. The minimum absolute atomic E-state index is 0.105. The Hall–Kier alpha value is -4.18. The van der Waals surface area contributed by atoms with Crippen molar-refractivity contribution in [2.24, 2.45) is 17.3 Å². The van der Waals surface area contributed by atoms with E-state index in [4.69, 9.17) is 4.42 Å². The monoisotopic (exact) mass is 601 g/mol. The lowest BCUT2D eigenvalue weighted by atomic mass is 9.48. The molecule has 2 unspecified atom stereocenters. The van der Waals surface area contributed by atoms with Crippen LogP contribution in [-0.2, 0) is 20.9 Å². The summed E-state index contributed by atoms with van der Waals surface area (Å²) in [5.41, 5.74) is 0.248. The molecule has 0 saturated heterocycles. The lowest BCUT2D eigenvalue weighted by molar-refractivity contribution is -0.168. The zero-order valence-corrected chi connectivity index (χ0v) is 25.1. The minimum Gasteiger partial charge on any atom is -0.466 e. The Morgan fingerprint density at radius 2 is 1.89 bits per heavy atom. The fraction of sp³-hybridized carbons (Fsp3) is 0.471. The number of amides is 2. The maximum atomic E-state index is 13.6. The third-order valence-electron chi connectivity index (χ3n) is 9.68. The second-order valence-electron chi connectivity index (χ2n) is 13.1. The van der Waals surface area contributed by atoms with Gasteiger partial charge in [-0.25, -0.2) is 4.79 Å². The number of anilines is 1. The van der Waals surface area contributed by atoms with Crippen molar-refractivity contribution < 1.29 is 28.6 Å². The van der Waals surface area contributed by atoms with E-state index in [1.54, 1.807) is 42.0 Å². The van der Waals surface area contributed by atoms with E-state index in [1.807, 2.05) is 18.2 Å². The smallest absolute Gasteiger partial charge is 0.330 e. The van der Waals surface area contributed by atoms with Crippen LogP contribution in [0.1, 0.15) is 67.5 Å². The lowest BCUT2D eigenvalue weighted by Gasteiger charge is -2.60. The Kier molecular flexibility index (Phi) is 7.96. The molecule has 4 aliphatic rings. The van der Waals surface area contributed by atoms with Gasteiger partial charge in [-0.1, -0.05) is 24.3 Å². The highest BCUT2D eigenvalue weighted by atomic mass is 16.5. The standard InChI is InChI=1S/C34H39N3O7/c1-21-24-8-3-5-11-27(24)44-29(21)31(40)35-25(9-4-6-12-28(38)43-2)30(39)36-26-10-7-13-37(32(26)41)20-33-15-22-14-23(16-33)18-34(42,17-22)19-33/h3,5-8,10-13,22-23,25,42H,4,9,14-20H2,1-2H3,(H,35,40)(H,36,39)/b12-6+/t22?,23?,25-,33?,34?/m0/s1. The molecule has 4 aliphatic carbocycles. The van der Waals surface area contributed by atoms with Gasteiger partial charge in [0.1, 0.15) is 17.3 Å². The highest BCUT2D eigenvalue weighted by Crippen LogP contribution is 2.62. The number of aromatic nitrogens is 1. The first kappa shape index (κ1) is 29.9. The van der Waals surface area contributed by atoms with E-state index in [-0.39, 0.29) is 28.8 Å². The molecule has 0 aliphatic heterocycles. The fourth-order valence-electron chi connectivity index (χ4n) is 8.32. The summed E-state index contributed by atoms with van der Waals surface area (Å²) in [6.07, 6.45) is 10.6. The predicted octanol–water partition coefficient (Wildman–Crippen LogP) is 4.48. The second-order valence-corrected chi connectivity index (χ2v) is 13.1. The van der Waals surface area contributed by atoms with Gasteiger partial charge in [-0.15, -0.1) is 0 Å². The number of esters is 1. The molecule has 3 N–H and O–H groups in total. The number of rotatable bonds is 10. The molecule has 4 saturated carbocycles. The first-order valence-electron chi connectivity index (χ1n) is 15.3. The van der Waals surface area contributed by atoms with E-state index in [0.29, 0.717) is 42.4 Å². The molecular weight excluding hydrogens is 562 g/mol. The second kappa shape index (κ2) is 11.7. The maximum absolute atomic E-state index is 13.6. The quantitative estimate of drug-likeness (QED) is 0.230. The molecule has 2 amide bonds. The largest absolute Gasteiger partial charge is 0.466 e. The number of benzene rings is 1. The third-order valence-corrected chi connectivity index (χ3v) is 9.68. The molecule has 1 aromatic carbocycles.